The number of aliphatic hydroxyl groups excluding tert-OH is 1. The van der Waals surface area contributed by atoms with Gasteiger partial charge in [-0.1, -0.05) is 125 Å². The Balaban J connectivity index is 3.73. The molecule has 0 aromatic heterocycles. The van der Waals surface area contributed by atoms with Gasteiger partial charge >= 0.3 is 11.9 Å². The molecule has 0 saturated carbocycles. The van der Waals surface area contributed by atoms with Crippen LogP contribution in [0.25, 0.3) is 0 Å². The second-order valence-electron chi connectivity index (χ2n) is 11.6. The average molecular weight is 639 g/mol. The van der Waals surface area contributed by atoms with Gasteiger partial charge in [-0.25, -0.2) is 0 Å². The molecule has 0 saturated heterocycles. The van der Waals surface area contributed by atoms with Crippen LogP contribution in [0.4, 0.5) is 0 Å². The molecule has 46 heavy (non-hydrogen) atoms. The molecule has 5 nitrogen and oxygen atoms in total. The van der Waals surface area contributed by atoms with Crippen LogP contribution in [0.5, 0.6) is 0 Å². The van der Waals surface area contributed by atoms with Crippen molar-refractivity contribution in [3.8, 4) is 0 Å². The van der Waals surface area contributed by atoms with Crippen molar-refractivity contribution in [3.63, 3.8) is 0 Å². The second-order valence-corrected chi connectivity index (χ2v) is 11.6. The van der Waals surface area contributed by atoms with Gasteiger partial charge in [0.15, 0.2) is 6.10 Å². The number of allylic oxidation sites excluding steroid dienone is 14. The average Bonchev–Trinajstić information content (AvgIpc) is 3.06. The third-order valence-corrected chi connectivity index (χ3v) is 7.17. The predicted molar refractivity (Wildman–Crippen MR) is 196 cm³/mol. The molecule has 5 heteroatoms. The maximum atomic E-state index is 12.1. The van der Waals surface area contributed by atoms with Crippen molar-refractivity contribution in [2.75, 3.05) is 13.2 Å². The van der Waals surface area contributed by atoms with Gasteiger partial charge in [-0.05, 0) is 89.9 Å². The second kappa shape index (κ2) is 36.5. The first-order valence-corrected chi connectivity index (χ1v) is 18.1. The van der Waals surface area contributed by atoms with Gasteiger partial charge in [0.25, 0.3) is 0 Å². The van der Waals surface area contributed by atoms with E-state index in [1.54, 1.807) is 0 Å². The van der Waals surface area contributed by atoms with Crippen LogP contribution in [-0.2, 0) is 19.1 Å². The van der Waals surface area contributed by atoms with Crippen LogP contribution >= 0.6 is 0 Å². The highest BCUT2D eigenvalue weighted by molar-refractivity contribution is 5.70. The fourth-order valence-electron chi connectivity index (χ4n) is 4.43. The van der Waals surface area contributed by atoms with Gasteiger partial charge in [0, 0.05) is 12.8 Å². The molecule has 0 spiro atoms. The molecular weight excluding hydrogens is 572 g/mol. The van der Waals surface area contributed by atoms with Gasteiger partial charge in [-0.2, -0.15) is 0 Å². The number of rotatable bonds is 31. The zero-order chi connectivity index (χ0) is 33.6. The Bertz CT molecular complexity index is 906. The Kier molecular flexibility index (Phi) is 34.2. The summed E-state index contributed by atoms with van der Waals surface area (Å²) in [6.45, 7) is 3.91. The summed E-state index contributed by atoms with van der Waals surface area (Å²) in [7, 11) is 0. The SMILES string of the molecule is CCC=CCC=CCC=CCC=CCCCCCCC(=O)OC(CO)COC(=O)CCCCC=CCC=CCC=CCCCCC. The normalized spacial score (nSPS) is 13.2. The fourth-order valence-corrected chi connectivity index (χ4v) is 4.43. The number of unbranched alkanes of at least 4 members (excludes halogenated alkanes) is 9. The third kappa shape index (κ3) is 34.0. The molecule has 0 aliphatic heterocycles. The Morgan fingerprint density at radius 1 is 0.522 bits per heavy atom. The standard InChI is InChI=1S/C41H66O5/c1-3-5-7-9-11-13-15-17-19-20-22-24-26-28-30-32-34-36-41(44)46-39(37-42)38-45-40(43)35-33-31-29-27-25-23-21-18-16-14-12-10-8-6-4-2/h5,7,11-14,17-19,21-22,24-25,27,39,42H,3-4,6,8-10,15-16,20,23,26,28-38H2,1-2H3. The summed E-state index contributed by atoms with van der Waals surface area (Å²) in [5.41, 5.74) is 0. The molecule has 0 amide bonds. The van der Waals surface area contributed by atoms with Gasteiger partial charge in [0.05, 0.1) is 6.61 Å². The molecule has 0 aliphatic rings. The summed E-state index contributed by atoms with van der Waals surface area (Å²) in [5, 5.41) is 9.53. The van der Waals surface area contributed by atoms with E-state index in [1.807, 2.05) is 0 Å². The van der Waals surface area contributed by atoms with Crippen molar-refractivity contribution >= 4 is 11.9 Å². The molecule has 1 N–H and O–H groups in total. The highest BCUT2D eigenvalue weighted by Gasteiger charge is 2.16. The van der Waals surface area contributed by atoms with Crippen LogP contribution in [0.2, 0.25) is 0 Å². The summed E-state index contributed by atoms with van der Waals surface area (Å²) in [6.07, 6.45) is 49.2. The predicted octanol–water partition coefficient (Wildman–Crippen LogP) is 11.2. The van der Waals surface area contributed by atoms with Crippen molar-refractivity contribution < 1.29 is 24.2 Å². The lowest BCUT2D eigenvalue weighted by Gasteiger charge is -2.15. The number of ether oxygens (including phenoxy) is 2. The largest absolute Gasteiger partial charge is 0.462 e. The molecule has 0 aromatic rings. The van der Waals surface area contributed by atoms with Crippen molar-refractivity contribution in [2.45, 2.75) is 148 Å². The lowest BCUT2D eigenvalue weighted by Crippen LogP contribution is -2.28. The van der Waals surface area contributed by atoms with E-state index in [0.717, 1.165) is 89.9 Å². The summed E-state index contributed by atoms with van der Waals surface area (Å²) in [4.78, 5) is 24.2. The van der Waals surface area contributed by atoms with Crippen molar-refractivity contribution in [2.24, 2.45) is 0 Å². The van der Waals surface area contributed by atoms with Crippen LogP contribution in [0.3, 0.4) is 0 Å². The van der Waals surface area contributed by atoms with E-state index in [0.29, 0.717) is 12.8 Å². The zero-order valence-corrected chi connectivity index (χ0v) is 29.3. The minimum absolute atomic E-state index is 0.101. The number of carbonyl (C=O) groups is 2. The Morgan fingerprint density at radius 3 is 1.43 bits per heavy atom. The fraction of sp³-hybridized carbons (Fsp3) is 0.610. The number of hydrogen-bond acceptors (Lipinski definition) is 5. The van der Waals surface area contributed by atoms with E-state index in [-0.39, 0.29) is 25.2 Å². The molecule has 1 atom stereocenters. The summed E-state index contributed by atoms with van der Waals surface area (Å²) in [6, 6.07) is 0. The van der Waals surface area contributed by atoms with E-state index in [4.69, 9.17) is 9.47 Å². The molecule has 0 aliphatic carbocycles. The summed E-state index contributed by atoms with van der Waals surface area (Å²) >= 11 is 0. The monoisotopic (exact) mass is 638 g/mol. The highest BCUT2D eigenvalue weighted by atomic mass is 16.6. The van der Waals surface area contributed by atoms with Crippen LogP contribution in [0.1, 0.15) is 142 Å². The topological polar surface area (TPSA) is 72.8 Å². The Labute approximate surface area is 282 Å². The van der Waals surface area contributed by atoms with Crippen LogP contribution in [-0.4, -0.2) is 36.4 Å². The molecule has 0 radical (unpaired) electrons. The molecule has 0 bridgehead atoms. The van der Waals surface area contributed by atoms with Gasteiger partial charge < -0.3 is 14.6 Å². The third-order valence-electron chi connectivity index (χ3n) is 7.17. The zero-order valence-electron chi connectivity index (χ0n) is 29.3. The minimum Gasteiger partial charge on any atom is -0.462 e. The van der Waals surface area contributed by atoms with E-state index in [1.165, 1.54) is 25.7 Å². The highest BCUT2D eigenvalue weighted by Crippen LogP contribution is 2.09. The van der Waals surface area contributed by atoms with Crippen LogP contribution in [0, 0.1) is 0 Å². The molecular formula is C41H66O5. The first kappa shape index (κ1) is 43.1. The van der Waals surface area contributed by atoms with Gasteiger partial charge in [-0.3, -0.25) is 9.59 Å². The first-order valence-electron chi connectivity index (χ1n) is 18.1. The molecule has 1 unspecified atom stereocenters. The summed E-state index contributed by atoms with van der Waals surface area (Å²) < 4.78 is 10.5. The number of carbonyl (C=O) groups excluding carboxylic acids is 2. The Hall–Kier alpha value is -2.92. The van der Waals surface area contributed by atoms with E-state index in [2.05, 4.69) is 98.9 Å². The van der Waals surface area contributed by atoms with Gasteiger partial charge in [0.1, 0.15) is 6.61 Å². The van der Waals surface area contributed by atoms with Crippen molar-refractivity contribution in [1.29, 1.82) is 0 Å². The van der Waals surface area contributed by atoms with E-state index in [9.17, 15) is 14.7 Å². The van der Waals surface area contributed by atoms with E-state index >= 15 is 0 Å². The first-order chi connectivity index (χ1) is 22.6. The Morgan fingerprint density at radius 2 is 0.935 bits per heavy atom. The molecule has 0 fully saturated rings. The van der Waals surface area contributed by atoms with Gasteiger partial charge in [0.2, 0.25) is 0 Å². The minimum atomic E-state index is -0.804. The molecule has 0 aromatic carbocycles. The molecule has 0 heterocycles. The molecule has 260 valence electrons. The lowest BCUT2D eigenvalue weighted by molar-refractivity contribution is -0.161. The molecule has 0 rings (SSSR count). The lowest BCUT2D eigenvalue weighted by atomic mass is 10.1. The number of hydrogen-bond donors (Lipinski definition) is 1. The van der Waals surface area contributed by atoms with E-state index < -0.39 is 6.10 Å². The van der Waals surface area contributed by atoms with Crippen LogP contribution < -0.4 is 0 Å². The van der Waals surface area contributed by atoms with Gasteiger partial charge in [-0.15, -0.1) is 0 Å². The number of esters is 2. The smallest absolute Gasteiger partial charge is 0.306 e. The maximum absolute atomic E-state index is 12.1. The quantitative estimate of drug-likeness (QED) is 0.0465. The maximum Gasteiger partial charge on any atom is 0.306 e. The summed E-state index contributed by atoms with van der Waals surface area (Å²) in [5.74, 6) is -0.674. The van der Waals surface area contributed by atoms with Crippen LogP contribution in [0.15, 0.2) is 85.1 Å². The van der Waals surface area contributed by atoms with Crippen molar-refractivity contribution in [1.82, 2.24) is 0 Å². The van der Waals surface area contributed by atoms with Crippen molar-refractivity contribution in [3.05, 3.63) is 85.1 Å². The number of aliphatic hydroxyl groups is 1.